The molecule has 4 heteroatoms. The summed E-state index contributed by atoms with van der Waals surface area (Å²) < 4.78 is 10.6. The molecule has 1 saturated heterocycles. The number of aryl methyl sites for hydroxylation is 2. The van der Waals surface area contributed by atoms with Gasteiger partial charge in [0, 0.05) is 13.0 Å². The first-order valence-corrected chi connectivity index (χ1v) is 6.15. The van der Waals surface area contributed by atoms with Crippen molar-refractivity contribution < 1.29 is 14.3 Å². The fourth-order valence-corrected chi connectivity index (χ4v) is 2.23. The zero-order valence-electron chi connectivity index (χ0n) is 11.0. The van der Waals surface area contributed by atoms with Crippen molar-refractivity contribution in [1.29, 1.82) is 0 Å². The lowest BCUT2D eigenvalue weighted by Crippen LogP contribution is -2.31. The minimum atomic E-state index is -0.245. The molecule has 1 aliphatic rings. The Labute approximate surface area is 107 Å². The molecule has 0 amide bonds. The van der Waals surface area contributed by atoms with Gasteiger partial charge in [-0.05, 0) is 25.5 Å². The van der Waals surface area contributed by atoms with Crippen molar-refractivity contribution >= 4 is 5.97 Å². The first kappa shape index (κ1) is 12.9. The van der Waals surface area contributed by atoms with Gasteiger partial charge in [-0.2, -0.15) is 0 Å². The van der Waals surface area contributed by atoms with E-state index >= 15 is 0 Å². The molecule has 0 saturated carbocycles. The van der Waals surface area contributed by atoms with E-state index in [1.165, 1.54) is 12.7 Å². The van der Waals surface area contributed by atoms with Crippen LogP contribution in [0.2, 0.25) is 0 Å². The maximum Gasteiger partial charge on any atom is 0.323 e. The average molecular weight is 249 g/mol. The molecule has 0 radical (unpaired) electrons. The van der Waals surface area contributed by atoms with Crippen LogP contribution < -0.4 is 10.1 Å². The van der Waals surface area contributed by atoms with Crippen LogP contribution in [0.25, 0.3) is 0 Å². The Morgan fingerprint density at radius 1 is 1.39 bits per heavy atom. The number of carbonyl (C=O) groups is 1. The molecule has 1 aromatic rings. The minimum absolute atomic E-state index is 0.0236. The summed E-state index contributed by atoms with van der Waals surface area (Å²) in [5, 5.41) is 3.11. The predicted octanol–water partition coefficient (Wildman–Crippen LogP) is 1.59. The molecule has 2 rings (SSSR count). The summed E-state index contributed by atoms with van der Waals surface area (Å²) in [6, 6.07) is 5.86. The third kappa shape index (κ3) is 2.82. The average Bonchev–Trinajstić information content (AvgIpc) is 2.80. The maximum absolute atomic E-state index is 11.4. The van der Waals surface area contributed by atoms with E-state index in [2.05, 4.69) is 18.3 Å². The molecule has 0 aliphatic carbocycles. The van der Waals surface area contributed by atoms with Crippen molar-refractivity contribution in [2.24, 2.45) is 0 Å². The highest BCUT2D eigenvalue weighted by Gasteiger charge is 2.31. The third-order valence-corrected chi connectivity index (χ3v) is 3.20. The van der Waals surface area contributed by atoms with E-state index in [0.29, 0.717) is 13.0 Å². The number of esters is 1. The minimum Gasteiger partial charge on any atom is -0.489 e. The van der Waals surface area contributed by atoms with Gasteiger partial charge in [-0.25, -0.2) is 0 Å². The van der Waals surface area contributed by atoms with Crippen LogP contribution in [-0.2, 0) is 9.53 Å². The molecular weight excluding hydrogens is 230 g/mol. The van der Waals surface area contributed by atoms with Crippen molar-refractivity contribution in [3.8, 4) is 5.75 Å². The van der Waals surface area contributed by atoms with Gasteiger partial charge in [-0.15, -0.1) is 0 Å². The largest absolute Gasteiger partial charge is 0.489 e. The van der Waals surface area contributed by atoms with Gasteiger partial charge in [0.25, 0.3) is 0 Å². The molecular formula is C14H19NO3. The summed E-state index contributed by atoms with van der Waals surface area (Å²) in [6.07, 6.45) is 0.676. The van der Waals surface area contributed by atoms with Gasteiger partial charge < -0.3 is 14.8 Å². The molecule has 1 N–H and O–H groups in total. The molecule has 4 nitrogen and oxygen atoms in total. The van der Waals surface area contributed by atoms with E-state index in [9.17, 15) is 4.79 Å². The number of methoxy groups -OCH3 is 1. The number of ether oxygens (including phenoxy) is 2. The molecule has 18 heavy (non-hydrogen) atoms. The van der Waals surface area contributed by atoms with E-state index in [1.54, 1.807) is 0 Å². The molecule has 1 aliphatic heterocycles. The summed E-state index contributed by atoms with van der Waals surface area (Å²) in [5.74, 6) is 0.666. The lowest BCUT2D eigenvalue weighted by atomic mass is 10.1. The van der Waals surface area contributed by atoms with Crippen LogP contribution in [0, 0.1) is 13.8 Å². The van der Waals surface area contributed by atoms with Crippen LogP contribution in [0.4, 0.5) is 0 Å². The summed E-state index contributed by atoms with van der Waals surface area (Å²) >= 11 is 0. The van der Waals surface area contributed by atoms with Crippen LogP contribution in [0.15, 0.2) is 18.2 Å². The van der Waals surface area contributed by atoms with E-state index in [1.807, 2.05) is 19.1 Å². The molecule has 1 aromatic carbocycles. The van der Waals surface area contributed by atoms with E-state index in [0.717, 1.165) is 11.3 Å². The number of benzene rings is 1. The van der Waals surface area contributed by atoms with E-state index in [-0.39, 0.29) is 18.1 Å². The highest BCUT2D eigenvalue weighted by molar-refractivity contribution is 5.76. The van der Waals surface area contributed by atoms with Crippen LogP contribution in [-0.4, -0.2) is 31.8 Å². The quantitative estimate of drug-likeness (QED) is 0.826. The molecule has 0 spiro atoms. The second-order valence-electron chi connectivity index (χ2n) is 4.73. The summed E-state index contributed by atoms with van der Waals surface area (Å²) in [4.78, 5) is 11.4. The van der Waals surface area contributed by atoms with Gasteiger partial charge in [-0.1, -0.05) is 17.7 Å². The summed E-state index contributed by atoms with van der Waals surface area (Å²) in [6.45, 7) is 4.76. The first-order valence-electron chi connectivity index (χ1n) is 6.15. The van der Waals surface area contributed by atoms with E-state index < -0.39 is 0 Å². The van der Waals surface area contributed by atoms with Gasteiger partial charge >= 0.3 is 5.97 Å². The van der Waals surface area contributed by atoms with E-state index in [4.69, 9.17) is 9.47 Å². The van der Waals surface area contributed by atoms with Crippen LogP contribution >= 0.6 is 0 Å². The smallest absolute Gasteiger partial charge is 0.323 e. The normalized spacial score (nSPS) is 22.8. The SMILES string of the molecule is COC(=O)[C@@H]1C[C@@H](Oc2ccc(C)cc2C)CN1. The third-order valence-electron chi connectivity index (χ3n) is 3.20. The molecule has 0 bridgehead atoms. The second kappa shape index (κ2) is 5.40. The van der Waals surface area contributed by atoms with Crippen LogP contribution in [0.5, 0.6) is 5.75 Å². The summed E-state index contributed by atoms with van der Waals surface area (Å²) in [7, 11) is 1.41. The lowest BCUT2D eigenvalue weighted by molar-refractivity contribution is -0.142. The Morgan fingerprint density at radius 2 is 2.17 bits per heavy atom. The van der Waals surface area contributed by atoms with Crippen molar-refractivity contribution in [3.05, 3.63) is 29.3 Å². The standard InChI is InChI=1S/C14H19NO3/c1-9-4-5-13(10(2)6-9)18-11-7-12(15-8-11)14(16)17-3/h4-6,11-12,15H,7-8H2,1-3H3/t11-,12+/m1/s1. The van der Waals surface area contributed by atoms with Crippen molar-refractivity contribution in [1.82, 2.24) is 5.32 Å². The second-order valence-corrected chi connectivity index (χ2v) is 4.73. The highest BCUT2D eigenvalue weighted by Crippen LogP contribution is 2.22. The van der Waals surface area contributed by atoms with Crippen molar-refractivity contribution in [2.45, 2.75) is 32.4 Å². The zero-order valence-corrected chi connectivity index (χ0v) is 11.0. The predicted molar refractivity (Wildman–Crippen MR) is 68.8 cm³/mol. The molecule has 98 valence electrons. The molecule has 1 heterocycles. The van der Waals surface area contributed by atoms with Gasteiger partial charge in [0.1, 0.15) is 17.9 Å². The molecule has 1 fully saturated rings. The van der Waals surface area contributed by atoms with Crippen molar-refractivity contribution in [3.63, 3.8) is 0 Å². The van der Waals surface area contributed by atoms with Crippen LogP contribution in [0.3, 0.4) is 0 Å². The number of rotatable bonds is 3. The monoisotopic (exact) mass is 249 g/mol. The zero-order chi connectivity index (χ0) is 13.1. The van der Waals surface area contributed by atoms with Gasteiger partial charge in [-0.3, -0.25) is 4.79 Å². The fraction of sp³-hybridized carbons (Fsp3) is 0.500. The van der Waals surface area contributed by atoms with Crippen LogP contribution in [0.1, 0.15) is 17.5 Å². The maximum atomic E-state index is 11.4. The van der Waals surface area contributed by atoms with Gasteiger partial charge in [0.2, 0.25) is 0 Å². The van der Waals surface area contributed by atoms with Crippen molar-refractivity contribution in [2.75, 3.05) is 13.7 Å². The Morgan fingerprint density at radius 3 is 2.83 bits per heavy atom. The Hall–Kier alpha value is -1.55. The Balaban J connectivity index is 1.97. The number of hydrogen-bond donors (Lipinski definition) is 1. The fourth-order valence-electron chi connectivity index (χ4n) is 2.23. The Kier molecular flexibility index (Phi) is 3.87. The summed E-state index contributed by atoms with van der Waals surface area (Å²) in [5.41, 5.74) is 2.34. The molecule has 0 aromatic heterocycles. The van der Waals surface area contributed by atoms with Gasteiger partial charge in [0.15, 0.2) is 0 Å². The Bertz CT molecular complexity index is 445. The number of carbonyl (C=O) groups excluding carboxylic acids is 1. The first-order chi connectivity index (χ1) is 8.60. The van der Waals surface area contributed by atoms with Gasteiger partial charge in [0.05, 0.1) is 7.11 Å². The number of hydrogen-bond acceptors (Lipinski definition) is 4. The molecule has 2 atom stereocenters. The molecule has 0 unspecified atom stereocenters. The lowest BCUT2D eigenvalue weighted by Gasteiger charge is -2.15. The topological polar surface area (TPSA) is 47.6 Å². The number of nitrogens with one attached hydrogen (secondary N) is 1. The highest BCUT2D eigenvalue weighted by atomic mass is 16.5.